The van der Waals surface area contributed by atoms with Gasteiger partial charge in [0.2, 0.25) is 5.92 Å². The molecule has 130 valence electrons. The smallest absolute Gasteiger partial charge is 0.251 e. The Balaban J connectivity index is 1.82. The van der Waals surface area contributed by atoms with E-state index in [0.29, 0.717) is 16.4 Å². The lowest BCUT2D eigenvalue weighted by atomic mass is 10.1. The first kappa shape index (κ1) is 17.9. The van der Waals surface area contributed by atoms with Crippen LogP contribution in [0.2, 0.25) is 0 Å². The summed E-state index contributed by atoms with van der Waals surface area (Å²) in [6.45, 7) is 0.733. The summed E-state index contributed by atoms with van der Waals surface area (Å²) in [5.74, 6) is -3.22. The maximum atomic E-state index is 12.8. The molecule has 1 aliphatic heterocycles. The van der Waals surface area contributed by atoms with Gasteiger partial charge in [0.15, 0.2) is 0 Å². The van der Waals surface area contributed by atoms with Crippen LogP contribution >= 0.6 is 23.4 Å². The van der Waals surface area contributed by atoms with E-state index in [2.05, 4.69) is 10.3 Å². The van der Waals surface area contributed by atoms with E-state index < -0.39 is 18.3 Å². The van der Waals surface area contributed by atoms with Gasteiger partial charge in [-0.25, -0.2) is 13.8 Å². The van der Waals surface area contributed by atoms with E-state index in [0.717, 1.165) is 22.3 Å². The van der Waals surface area contributed by atoms with Crippen molar-refractivity contribution in [1.29, 1.82) is 0 Å². The molecule has 1 aliphatic rings. The minimum atomic E-state index is -2.80. The number of halogens is 3. The van der Waals surface area contributed by atoms with Crippen molar-refractivity contribution in [3.8, 4) is 0 Å². The molecule has 0 aliphatic carbocycles. The monoisotopic (exact) mass is 380 g/mol. The van der Waals surface area contributed by atoms with Gasteiger partial charge in [0.25, 0.3) is 5.91 Å². The van der Waals surface area contributed by atoms with Crippen LogP contribution in [-0.4, -0.2) is 23.5 Å². The highest BCUT2D eigenvalue weighted by Crippen LogP contribution is 2.41. The number of amides is 1. The Kier molecular flexibility index (Phi) is 5.11. The molecule has 0 bridgehead atoms. The Labute approximate surface area is 153 Å². The molecule has 2 aromatic carbocycles. The molecule has 7 heteroatoms. The van der Waals surface area contributed by atoms with Gasteiger partial charge in [-0.2, -0.15) is 0 Å². The van der Waals surface area contributed by atoms with Gasteiger partial charge in [0.1, 0.15) is 5.17 Å². The number of carbonyl (C=O) groups excluding carboxylic acids is 1. The number of nitrogens with zero attached hydrogens (tertiary/aromatic N) is 1. The van der Waals surface area contributed by atoms with Gasteiger partial charge in [0, 0.05) is 33.9 Å². The number of benzene rings is 2. The SMILES string of the molecule is CC(F)(F)CCNC(=O)c1ccc2c(c1)N=C(Cl)c1ccccc1S2. The van der Waals surface area contributed by atoms with Gasteiger partial charge in [-0.15, -0.1) is 0 Å². The highest BCUT2D eigenvalue weighted by atomic mass is 35.5. The first-order valence-corrected chi connectivity index (χ1v) is 8.84. The summed E-state index contributed by atoms with van der Waals surface area (Å²) in [6, 6.07) is 12.7. The molecule has 1 heterocycles. The average Bonchev–Trinajstić information content (AvgIpc) is 2.69. The molecule has 0 saturated carbocycles. The first-order chi connectivity index (χ1) is 11.8. The number of rotatable bonds is 4. The minimum absolute atomic E-state index is 0.0936. The van der Waals surface area contributed by atoms with E-state index in [1.807, 2.05) is 24.3 Å². The Hall–Kier alpha value is -1.92. The fraction of sp³-hybridized carbons (Fsp3) is 0.222. The second kappa shape index (κ2) is 7.14. The molecule has 0 fully saturated rings. The van der Waals surface area contributed by atoms with E-state index in [1.54, 1.807) is 18.2 Å². The number of carbonyl (C=O) groups is 1. The summed E-state index contributed by atoms with van der Waals surface area (Å²) in [7, 11) is 0. The van der Waals surface area contributed by atoms with Crippen molar-refractivity contribution < 1.29 is 13.6 Å². The number of alkyl halides is 2. The summed E-state index contributed by atoms with van der Waals surface area (Å²) >= 11 is 7.82. The number of hydrogen-bond acceptors (Lipinski definition) is 3. The second-order valence-electron chi connectivity index (χ2n) is 5.76. The van der Waals surface area contributed by atoms with Gasteiger partial charge in [-0.1, -0.05) is 41.6 Å². The summed E-state index contributed by atoms with van der Waals surface area (Å²) in [4.78, 5) is 18.4. The number of aliphatic imine (C=N–C) groups is 1. The lowest BCUT2D eigenvalue weighted by Crippen LogP contribution is -2.28. The number of fused-ring (bicyclic) bond motifs is 2. The van der Waals surface area contributed by atoms with Crippen LogP contribution in [0.5, 0.6) is 0 Å². The maximum absolute atomic E-state index is 12.8. The zero-order chi connectivity index (χ0) is 18.0. The van der Waals surface area contributed by atoms with Crippen LogP contribution in [0.15, 0.2) is 57.2 Å². The second-order valence-corrected chi connectivity index (χ2v) is 7.20. The van der Waals surface area contributed by atoms with E-state index in [1.165, 1.54) is 11.8 Å². The maximum Gasteiger partial charge on any atom is 0.251 e. The molecule has 0 aromatic heterocycles. The van der Waals surface area contributed by atoms with Crippen molar-refractivity contribution in [3.63, 3.8) is 0 Å². The van der Waals surface area contributed by atoms with Crippen LogP contribution in [0.3, 0.4) is 0 Å². The lowest BCUT2D eigenvalue weighted by molar-refractivity contribution is 0.0137. The van der Waals surface area contributed by atoms with Crippen LogP contribution in [0.4, 0.5) is 14.5 Å². The van der Waals surface area contributed by atoms with Crippen molar-refractivity contribution in [1.82, 2.24) is 5.32 Å². The van der Waals surface area contributed by atoms with E-state index in [4.69, 9.17) is 11.6 Å². The molecule has 0 unspecified atom stereocenters. The molecule has 0 atom stereocenters. The van der Waals surface area contributed by atoms with Gasteiger partial charge >= 0.3 is 0 Å². The molecule has 1 N–H and O–H groups in total. The standard InChI is InChI=1S/C18H15ClF2N2OS/c1-18(20,21)8-9-22-17(24)11-6-7-15-13(10-11)23-16(19)12-4-2-3-5-14(12)25-15/h2-7,10H,8-9H2,1H3,(H,22,24). The highest BCUT2D eigenvalue weighted by molar-refractivity contribution is 7.99. The quantitative estimate of drug-likeness (QED) is 0.787. The van der Waals surface area contributed by atoms with Gasteiger partial charge < -0.3 is 5.32 Å². The predicted octanol–water partition coefficient (Wildman–Crippen LogP) is 5.24. The molecule has 2 aromatic rings. The van der Waals surface area contributed by atoms with E-state index in [-0.39, 0.29) is 6.54 Å². The third-order valence-corrected chi connectivity index (χ3v) is 5.05. The summed E-state index contributed by atoms with van der Waals surface area (Å²) in [6.07, 6.45) is -0.404. The molecule has 0 saturated heterocycles. The predicted molar refractivity (Wildman–Crippen MR) is 96.6 cm³/mol. The van der Waals surface area contributed by atoms with Crippen LogP contribution in [0.1, 0.15) is 29.3 Å². The van der Waals surface area contributed by atoms with Gasteiger partial charge in [-0.3, -0.25) is 4.79 Å². The number of nitrogens with one attached hydrogen (secondary N) is 1. The fourth-order valence-corrected chi connectivity index (χ4v) is 3.66. The third kappa shape index (κ3) is 4.38. The molecule has 3 rings (SSSR count). The average molecular weight is 381 g/mol. The molecule has 3 nitrogen and oxygen atoms in total. The van der Waals surface area contributed by atoms with Crippen molar-refractivity contribution in [2.45, 2.75) is 29.1 Å². The Bertz CT molecular complexity index is 849. The largest absolute Gasteiger partial charge is 0.352 e. The van der Waals surface area contributed by atoms with Crippen molar-refractivity contribution >= 4 is 40.1 Å². The summed E-state index contributed by atoms with van der Waals surface area (Å²) in [5, 5.41) is 2.85. The normalized spacial score (nSPS) is 13.4. The van der Waals surface area contributed by atoms with Crippen LogP contribution < -0.4 is 5.32 Å². The third-order valence-electron chi connectivity index (χ3n) is 3.62. The van der Waals surface area contributed by atoms with Crippen molar-refractivity contribution in [2.75, 3.05) is 6.54 Å². The van der Waals surface area contributed by atoms with Crippen LogP contribution in [0.25, 0.3) is 0 Å². The van der Waals surface area contributed by atoms with E-state index in [9.17, 15) is 13.6 Å². The lowest BCUT2D eigenvalue weighted by Gasteiger charge is -2.11. The number of hydrogen-bond donors (Lipinski definition) is 1. The summed E-state index contributed by atoms with van der Waals surface area (Å²) in [5.41, 5.74) is 1.78. The van der Waals surface area contributed by atoms with Crippen molar-refractivity contribution in [3.05, 3.63) is 53.6 Å². The minimum Gasteiger partial charge on any atom is -0.352 e. The Morgan fingerprint density at radius 3 is 2.76 bits per heavy atom. The molecular formula is C18H15ClF2N2OS. The first-order valence-electron chi connectivity index (χ1n) is 7.65. The van der Waals surface area contributed by atoms with Crippen LogP contribution in [0, 0.1) is 0 Å². The Morgan fingerprint density at radius 1 is 1.24 bits per heavy atom. The molecule has 0 radical (unpaired) electrons. The fourth-order valence-electron chi connectivity index (χ4n) is 2.34. The molecular weight excluding hydrogens is 366 g/mol. The van der Waals surface area contributed by atoms with E-state index >= 15 is 0 Å². The zero-order valence-corrected chi connectivity index (χ0v) is 14.9. The summed E-state index contributed by atoms with van der Waals surface area (Å²) < 4.78 is 25.7. The zero-order valence-electron chi connectivity index (χ0n) is 13.4. The topological polar surface area (TPSA) is 41.5 Å². The van der Waals surface area contributed by atoms with Crippen LogP contribution in [-0.2, 0) is 0 Å². The van der Waals surface area contributed by atoms with Crippen molar-refractivity contribution in [2.24, 2.45) is 4.99 Å². The molecule has 25 heavy (non-hydrogen) atoms. The molecule has 1 amide bonds. The van der Waals surface area contributed by atoms with Gasteiger partial charge in [-0.05, 0) is 31.2 Å². The highest BCUT2D eigenvalue weighted by Gasteiger charge is 2.21. The Morgan fingerprint density at radius 2 is 2.00 bits per heavy atom. The van der Waals surface area contributed by atoms with Gasteiger partial charge in [0.05, 0.1) is 5.69 Å². The molecule has 0 spiro atoms.